The van der Waals surface area contributed by atoms with Gasteiger partial charge in [0.25, 0.3) is 0 Å². The molecule has 2 atom stereocenters. The van der Waals surface area contributed by atoms with E-state index >= 15 is 0 Å². The molecule has 1 rings (SSSR count). The summed E-state index contributed by atoms with van der Waals surface area (Å²) in [5.74, 6) is 0.790. The van der Waals surface area contributed by atoms with Gasteiger partial charge < -0.3 is 5.73 Å². The third-order valence-corrected chi connectivity index (χ3v) is 1.76. The van der Waals surface area contributed by atoms with E-state index in [4.69, 9.17) is 5.73 Å². The van der Waals surface area contributed by atoms with E-state index in [0.29, 0.717) is 0 Å². The van der Waals surface area contributed by atoms with Gasteiger partial charge in [-0.15, -0.1) is 0 Å². The number of nitrogens with two attached hydrogens (primary N) is 1. The average molecular weight is 114 g/mol. The Hall–Kier alpha value is -0.0800. The lowest BCUT2D eigenvalue weighted by Gasteiger charge is -2.00. The van der Waals surface area contributed by atoms with E-state index < -0.39 is 0 Å². The highest BCUT2D eigenvalue weighted by molar-refractivity contribution is 4.89. The molecule has 0 aromatic carbocycles. The van der Waals surface area contributed by atoms with Gasteiger partial charge in [0.05, 0.1) is 0 Å². The molecule has 8 heavy (non-hydrogen) atoms. The number of nitrogens with zero attached hydrogens (tertiary/aromatic N) is 1. The predicted molar refractivity (Wildman–Crippen MR) is 34.4 cm³/mol. The Bertz CT molecular complexity index is 80.6. The Morgan fingerprint density at radius 2 is 2.38 bits per heavy atom. The number of hydrogen-bond donors (Lipinski definition) is 1. The molecule has 2 nitrogen and oxygen atoms in total. The molecule has 0 aliphatic carbocycles. The van der Waals surface area contributed by atoms with Gasteiger partial charge in [0.2, 0.25) is 0 Å². The molecule has 0 aromatic rings. The molecule has 0 amide bonds. The van der Waals surface area contributed by atoms with Gasteiger partial charge in [-0.3, -0.25) is 4.90 Å². The first kappa shape index (κ1) is 6.05. The van der Waals surface area contributed by atoms with Crippen molar-refractivity contribution in [2.24, 2.45) is 11.7 Å². The third-order valence-electron chi connectivity index (χ3n) is 1.76. The van der Waals surface area contributed by atoms with E-state index in [2.05, 4.69) is 18.7 Å². The molecule has 1 aliphatic heterocycles. The van der Waals surface area contributed by atoms with Gasteiger partial charge in [0, 0.05) is 19.3 Å². The van der Waals surface area contributed by atoms with Crippen LogP contribution in [0.15, 0.2) is 0 Å². The smallest absolute Gasteiger partial charge is 0.0459 e. The summed E-state index contributed by atoms with van der Waals surface area (Å²) < 4.78 is 0. The van der Waals surface area contributed by atoms with Crippen molar-refractivity contribution in [2.45, 2.75) is 19.9 Å². The van der Waals surface area contributed by atoms with Crippen molar-refractivity contribution < 1.29 is 0 Å². The van der Waals surface area contributed by atoms with E-state index in [1.54, 1.807) is 0 Å². The standard InChI is InChI=1S/C6H14N2/c1-5(2)6-3-8(6)4-7/h5-6H,3-4,7H2,1-2H3. The zero-order valence-corrected chi connectivity index (χ0v) is 5.59. The molecule has 0 aromatic heterocycles. The quantitative estimate of drug-likeness (QED) is 0.521. The summed E-state index contributed by atoms with van der Waals surface area (Å²) in [6, 6.07) is 0.792. The molecular formula is C6H14N2. The summed E-state index contributed by atoms with van der Waals surface area (Å²) >= 11 is 0. The van der Waals surface area contributed by atoms with Crippen LogP contribution in [0.25, 0.3) is 0 Å². The van der Waals surface area contributed by atoms with Crippen LogP contribution in [-0.2, 0) is 0 Å². The number of hydrogen-bond acceptors (Lipinski definition) is 2. The summed E-state index contributed by atoms with van der Waals surface area (Å²) in [6.45, 7) is 6.43. The van der Waals surface area contributed by atoms with Gasteiger partial charge in [-0.2, -0.15) is 0 Å². The second-order valence-electron chi connectivity index (χ2n) is 2.77. The van der Waals surface area contributed by atoms with E-state index in [1.807, 2.05) is 0 Å². The van der Waals surface area contributed by atoms with Crippen LogP contribution in [0.3, 0.4) is 0 Å². The van der Waals surface area contributed by atoms with E-state index in [-0.39, 0.29) is 0 Å². The molecule has 0 bridgehead atoms. The maximum absolute atomic E-state index is 5.39. The minimum Gasteiger partial charge on any atom is -0.318 e. The second kappa shape index (κ2) is 2.03. The van der Waals surface area contributed by atoms with E-state index in [1.165, 1.54) is 6.54 Å². The fourth-order valence-electron chi connectivity index (χ4n) is 1.04. The largest absolute Gasteiger partial charge is 0.318 e. The lowest BCUT2D eigenvalue weighted by molar-refractivity contribution is 0.455. The van der Waals surface area contributed by atoms with Crippen LogP contribution >= 0.6 is 0 Å². The summed E-state index contributed by atoms with van der Waals surface area (Å²) in [5.41, 5.74) is 5.39. The Balaban J connectivity index is 2.16. The summed E-state index contributed by atoms with van der Waals surface area (Å²) in [6.07, 6.45) is 0. The zero-order valence-electron chi connectivity index (χ0n) is 5.59. The Labute approximate surface area is 50.7 Å². The maximum atomic E-state index is 5.39. The summed E-state index contributed by atoms with van der Waals surface area (Å²) in [7, 11) is 0. The van der Waals surface area contributed by atoms with Gasteiger partial charge in [-0.1, -0.05) is 13.8 Å². The topological polar surface area (TPSA) is 29.0 Å². The molecule has 0 radical (unpaired) electrons. The van der Waals surface area contributed by atoms with Crippen LogP contribution in [-0.4, -0.2) is 24.2 Å². The minimum absolute atomic E-state index is 0.739. The van der Waals surface area contributed by atoms with Crippen molar-refractivity contribution in [2.75, 3.05) is 13.2 Å². The van der Waals surface area contributed by atoms with Crippen LogP contribution in [0.1, 0.15) is 13.8 Å². The SMILES string of the molecule is CC(C)C1CN1CN. The van der Waals surface area contributed by atoms with Crippen molar-refractivity contribution >= 4 is 0 Å². The highest BCUT2D eigenvalue weighted by Gasteiger charge is 2.34. The molecule has 1 aliphatic rings. The fourth-order valence-corrected chi connectivity index (χ4v) is 1.04. The first-order valence-corrected chi connectivity index (χ1v) is 3.20. The van der Waals surface area contributed by atoms with Gasteiger partial charge >= 0.3 is 0 Å². The first-order chi connectivity index (χ1) is 3.75. The van der Waals surface area contributed by atoms with Gasteiger partial charge in [-0.25, -0.2) is 0 Å². The second-order valence-corrected chi connectivity index (χ2v) is 2.77. The predicted octanol–water partition coefficient (Wildman–Crippen LogP) is 0.243. The highest BCUT2D eigenvalue weighted by atomic mass is 15.3. The monoisotopic (exact) mass is 114 g/mol. The van der Waals surface area contributed by atoms with Crippen LogP contribution < -0.4 is 5.73 Å². The third kappa shape index (κ3) is 1.01. The lowest BCUT2D eigenvalue weighted by atomic mass is 10.1. The zero-order chi connectivity index (χ0) is 6.15. The molecule has 2 unspecified atom stereocenters. The Morgan fingerprint density at radius 3 is 2.50 bits per heavy atom. The molecular weight excluding hydrogens is 100 g/mol. The van der Waals surface area contributed by atoms with Crippen molar-refractivity contribution in [3.63, 3.8) is 0 Å². The van der Waals surface area contributed by atoms with Gasteiger partial charge in [0.15, 0.2) is 0 Å². The van der Waals surface area contributed by atoms with Crippen molar-refractivity contribution in [3.8, 4) is 0 Å². The van der Waals surface area contributed by atoms with Crippen molar-refractivity contribution in [1.82, 2.24) is 4.90 Å². The van der Waals surface area contributed by atoms with Crippen molar-refractivity contribution in [1.29, 1.82) is 0 Å². The molecule has 1 saturated heterocycles. The first-order valence-electron chi connectivity index (χ1n) is 3.20. The molecule has 0 saturated carbocycles. The summed E-state index contributed by atoms with van der Waals surface area (Å²) in [5, 5.41) is 0. The lowest BCUT2D eigenvalue weighted by Crippen LogP contribution is -2.15. The van der Waals surface area contributed by atoms with Crippen LogP contribution in [0.2, 0.25) is 0 Å². The Kier molecular flexibility index (Phi) is 1.54. The van der Waals surface area contributed by atoms with Crippen LogP contribution in [0, 0.1) is 5.92 Å². The molecule has 2 N–H and O–H groups in total. The van der Waals surface area contributed by atoms with E-state index in [0.717, 1.165) is 18.6 Å². The van der Waals surface area contributed by atoms with Crippen LogP contribution in [0.5, 0.6) is 0 Å². The molecule has 48 valence electrons. The highest BCUT2D eigenvalue weighted by Crippen LogP contribution is 2.22. The fraction of sp³-hybridized carbons (Fsp3) is 1.00. The molecule has 0 spiro atoms. The molecule has 1 fully saturated rings. The van der Waals surface area contributed by atoms with Crippen LogP contribution in [0.4, 0.5) is 0 Å². The molecule has 2 heteroatoms. The number of rotatable bonds is 2. The van der Waals surface area contributed by atoms with Gasteiger partial charge in [-0.05, 0) is 5.92 Å². The Morgan fingerprint density at radius 1 is 1.75 bits per heavy atom. The minimum atomic E-state index is 0.739. The average Bonchev–Trinajstić information content (AvgIpc) is 2.42. The maximum Gasteiger partial charge on any atom is 0.0459 e. The van der Waals surface area contributed by atoms with Gasteiger partial charge in [0.1, 0.15) is 0 Å². The van der Waals surface area contributed by atoms with Crippen molar-refractivity contribution in [3.05, 3.63) is 0 Å². The molecule has 1 heterocycles. The van der Waals surface area contributed by atoms with E-state index in [9.17, 15) is 0 Å². The normalized spacial score (nSPS) is 36.0. The summed E-state index contributed by atoms with van der Waals surface area (Å²) in [4.78, 5) is 2.27.